The van der Waals surface area contributed by atoms with Crippen molar-refractivity contribution in [2.75, 3.05) is 18.8 Å². The molecular weight excluding hydrogens is 230 g/mol. The van der Waals surface area contributed by atoms with Gasteiger partial charge in [0.25, 0.3) is 0 Å². The number of nitrogens with two attached hydrogens (primary N) is 1. The van der Waals surface area contributed by atoms with Crippen LogP contribution in [0.2, 0.25) is 0 Å². The third-order valence-electron chi connectivity index (χ3n) is 2.38. The second kappa shape index (κ2) is 6.90. The Balaban J connectivity index is 2.54. The first-order valence-corrected chi connectivity index (χ1v) is 6.10. The van der Waals surface area contributed by atoms with E-state index in [9.17, 15) is 4.79 Å². The molecule has 0 bridgehead atoms. The largest absolute Gasteiger partial charge is 0.368 e. The Morgan fingerprint density at radius 1 is 1.56 bits per heavy atom. The topological polar surface area (TPSA) is 84.1 Å². The fraction of sp³-hybridized carbons (Fsp3) is 0.583. The standard InChI is InChI=1S/C12H21N5O/c1-4-17(8-11(18)15-9(2)3)7-10-5-6-14-12(13)16-10/h5-6,9H,4,7-8H2,1-3H3,(H,15,18)(H2,13,14,16). The molecule has 18 heavy (non-hydrogen) atoms. The lowest BCUT2D eigenvalue weighted by Crippen LogP contribution is -2.39. The fourth-order valence-corrected chi connectivity index (χ4v) is 1.58. The SMILES string of the molecule is CCN(CC(=O)NC(C)C)Cc1ccnc(N)n1. The van der Waals surface area contributed by atoms with Crippen molar-refractivity contribution in [2.45, 2.75) is 33.4 Å². The summed E-state index contributed by atoms with van der Waals surface area (Å²) in [5, 5.41) is 2.87. The molecule has 0 radical (unpaired) electrons. The molecule has 3 N–H and O–H groups in total. The highest BCUT2D eigenvalue weighted by atomic mass is 16.2. The zero-order valence-electron chi connectivity index (χ0n) is 11.2. The fourth-order valence-electron chi connectivity index (χ4n) is 1.58. The maximum Gasteiger partial charge on any atom is 0.234 e. The van der Waals surface area contributed by atoms with Crippen molar-refractivity contribution in [3.63, 3.8) is 0 Å². The van der Waals surface area contributed by atoms with E-state index in [1.54, 1.807) is 12.3 Å². The van der Waals surface area contributed by atoms with E-state index in [0.717, 1.165) is 12.2 Å². The monoisotopic (exact) mass is 251 g/mol. The van der Waals surface area contributed by atoms with Crippen molar-refractivity contribution in [2.24, 2.45) is 0 Å². The lowest BCUT2D eigenvalue weighted by molar-refractivity contribution is -0.122. The Morgan fingerprint density at radius 2 is 2.28 bits per heavy atom. The zero-order valence-corrected chi connectivity index (χ0v) is 11.2. The molecule has 100 valence electrons. The first-order valence-electron chi connectivity index (χ1n) is 6.10. The van der Waals surface area contributed by atoms with E-state index in [0.29, 0.717) is 13.1 Å². The Kier molecular flexibility index (Phi) is 5.51. The smallest absolute Gasteiger partial charge is 0.234 e. The van der Waals surface area contributed by atoms with Crippen LogP contribution in [0.1, 0.15) is 26.5 Å². The molecule has 1 rings (SSSR count). The molecule has 0 unspecified atom stereocenters. The molecule has 0 saturated carbocycles. The summed E-state index contributed by atoms with van der Waals surface area (Å²) in [5.41, 5.74) is 6.34. The number of nitrogens with one attached hydrogen (secondary N) is 1. The lowest BCUT2D eigenvalue weighted by Gasteiger charge is -2.20. The van der Waals surface area contributed by atoms with Crippen LogP contribution < -0.4 is 11.1 Å². The summed E-state index contributed by atoms with van der Waals surface area (Å²) < 4.78 is 0. The molecular formula is C12H21N5O. The number of carbonyl (C=O) groups is 1. The molecule has 6 heteroatoms. The minimum absolute atomic E-state index is 0.0221. The first-order chi connectivity index (χ1) is 8.51. The average Bonchev–Trinajstić information content (AvgIpc) is 2.27. The summed E-state index contributed by atoms with van der Waals surface area (Å²) >= 11 is 0. The van der Waals surface area contributed by atoms with Crippen LogP contribution in [0.25, 0.3) is 0 Å². The minimum atomic E-state index is 0.0221. The normalized spacial score (nSPS) is 10.9. The van der Waals surface area contributed by atoms with E-state index in [4.69, 9.17) is 5.73 Å². The van der Waals surface area contributed by atoms with Gasteiger partial charge in [0.2, 0.25) is 11.9 Å². The molecule has 0 fully saturated rings. The van der Waals surface area contributed by atoms with Gasteiger partial charge in [-0.1, -0.05) is 6.92 Å². The molecule has 0 aliphatic heterocycles. The van der Waals surface area contributed by atoms with Gasteiger partial charge in [0, 0.05) is 18.8 Å². The van der Waals surface area contributed by atoms with Crippen LogP contribution in [0.3, 0.4) is 0 Å². The molecule has 1 amide bonds. The van der Waals surface area contributed by atoms with Crippen LogP contribution in [0, 0.1) is 0 Å². The second-order valence-electron chi connectivity index (χ2n) is 4.43. The number of rotatable bonds is 6. The van der Waals surface area contributed by atoms with Gasteiger partial charge in [-0.05, 0) is 26.5 Å². The third kappa shape index (κ3) is 5.09. The highest BCUT2D eigenvalue weighted by Gasteiger charge is 2.11. The number of hydrogen-bond acceptors (Lipinski definition) is 5. The lowest BCUT2D eigenvalue weighted by atomic mass is 10.3. The van der Waals surface area contributed by atoms with Crippen molar-refractivity contribution in [3.8, 4) is 0 Å². The molecule has 6 nitrogen and oxygen atoms in total. The Bertz CT molecular complexity index is 394. The highest BCUT2D eigenvalue weighted by molar-refractivity contribution is 5.78. The Hall–Kier alpha value is -1.69. The maximum atomic E-state index is 11.7. The van der Waals surface area contributed by atoms with E-state index in [1.807, 2.05) is 25.7 Å². The van der Waals surface area contributed by atoms with Gasteiger partial charge in [0.05, 0.1) is 12.2 Å². The highest BCUT2D eigenvalue weighted by Crippen LogP contribution is 2.02. The van der Waals surface area contributed by atoms with Crippen LogP contribution >= 0.6 is 0 Å². The van der Waals surface area contributed by atoms with Crippen molar-refractivity contribution in [1.29, 1.82) is 0 Å². The van der Waals surface area contributed by atoms with Gasteiger partial charge < -0.3 is 11.1 Å². The molecule has 1 aromatic heterocycles. The minimum Gasteiger partial charge on any atom is -0.368 e. The number of nitrogens with zero attached hydrogens (tertiary/aromatic N) is 3. The molecule has 0 saturated heterocycles. The number of aromatic nitrogens is 2. The van der Waals surface area contributed by atoms with Gasteiger partial charge in [0.1, 0.15) is 0 Å². The quantitative estimate of drug-likeness (QED) is 0.765. The van der Waals surface area contributed by atoms with Gasteiger partial charge in [-0.15, -0.1) is 0 Å². The number of amides is 1. The van der Waals surface area contributed by atoms with Gasteiger partial charge >= 0.3 is 0 Å². The maximum absolute atomic E-state index is 11.7. The summed E-state index contributed by atoms with van der Waals surface area (Å²) in [6.45, 7) is 7.62. The molecule has 0 spiro atoms. The molecule has 1 heterocycles. The van der Waals surface area contributed by atoms with Gasteiger partial charge in [0.15, 0.2) is 0 Å². The number of anilines is 1. The predicted octanol–water partition coefficient (Wildman–Crippen LogP) is 0.405. The van der Waals surface area contributed by atoms with E-state index in [2.05, 4.69) is 15.3 Å². The molecule has 0 atom stereocenters. The van der Waals surface area contributed by atoms with Gasteiger partial charge in [-0.2, -0.15) is 0 Å². The van der Waals surface area contributed by atoms with Crippen LogP contribution in [0.5, 0.6) is 0 Å². The van der Waals surface area contributed by atoms with E-state index < -0.39 is 0 Å². The average molecular weight is 251 g/mol. The van der Waals surface area contributed by atoms with Crippen LogP contribution in [0.15, 0.2) is 12.3 Å². The second-order valence-corrected chi connectivity index (χ2v) is 4.43. The molecule has 0 aromatic carbocycles. The van der Waals surface area contributed by atoms with Gasteiger partial charge in [-0.25, -0.2) is 9.97 Å². The van der Waals surface area contributed by atoms with Gasteiger partial charge in [-0.3, -0.25) is 9.69 Å². The van der Waals surface area contributed by atoms with Crippen molar-refractivity contribution < 1.29 is 4.79 Å². The summed E-state index contributed by atoms with van der Waals surface area (Å²) in [6.07, 6.45) is 1.62. The summed E-state index contributed by atoms with van der Waals surface area (Å²) in [6, 6.07) is 1.96. The number of carbonyl (C=O) groups excluding carboxylic acids is 1. The molecule has 1 aromatic rings. The van der Waals surface area contributed by atoms with E-state index in [-0.39, 0.29) is 17.9 Å². The van der Waals surface area contributed by atoms with Crippen molar-refractivity contribution >= 4 is 11.9 Å². The van der Waals surface area contributed by atoms with Crippen molar-refractivity contribution in [1.82, 2.24) is 20.2 Å². The van der Waals surface area contributed by atoms with E-state index >= 15 is 0 Å². The molecule has 0 aliphatic rings. The zero-order chi connectivity index (χ0) is 13.5. The third-order valence-corrected chi connectivity index (χ3v) is 2.38. The number of nitrogen functional groups attached to an aromatic ring is 1. The summed E-state index contributed by atoms with van der Waals surface area (Å²) in [5.74, 6) is 0.282. The Labute approximate surface area is 108 Å². The van der Waals surface area contributed by atoms with E-state index in [1.165, 1.54) is 0 Å². The Morgan fingerprint density at radius 3 is 2.83 bits per heavy atom. The summed E-state index contributed by atoms with van der Waals surface area (Å²) in [4.78, 5) is 21.6. The van der Waals surface area contributed by atoms with Crippen LogP contribution in [-0.2, 0) is 11.3 Å². The first kappa shape index (κ1) is 14.4. The van der Waals surface area contributed by atoms with Crippen LogP contribution in [-0.4, -0.2) is 39.9 Å². The van der Waals surface area contributed by atoms with Crippen molar-refractivity contribution in [3.05, 3.63) is 18.0 Å². The van der Waals surface area contributed by atoms with Crippen LogP contribution in [0.4, 0.5) is 5.95 Å². The summed E-state index contributed by atoms with van der Waals surface area (Å²) in [7, 11) is 0. The number of likely N-dealkylation sites (N-methyl/N-ethyl adjacent to an activating group) is 1. The number of hydrogen-bond donors (Lipinski definition) is 2. The predicted molar refractivity (Wildman–Crippen MR) is 70.7 cm³/mol. The molecule has 0 aliphatic carbocycles.